The molecule has 1 aromatic rings. The summed E-state index contributed by atoms with van der Waals surface area (Å²) in [7, 11) is -2.08. The highest BCUT2D eigenvalue weighted by atomic mass is 32.3. The minimum atomic E-state index is -4.77. The summed E-state index contributed by atoms with van der Waals surface area (Å²) in [6, 6.07) is 2.51. The van der Waals surface area contributed by atoms with Gasteiger partial charge in [0.1, 0.15) is 16.4 Å². The molecule has 0 fully saturated rings. The summed E-state index contributed by atoms with van der Waals surface area (Å²) in [6.45, 7) is 1.62. The molecule has 0 aliphatic rings. The minimum absolute atomic E-state index is 0.0695. The molecule has 0 bridgehead atoms. The topological polar surface area (TPSA) is 52.6 Å². The summed E-state index contributed by atoms with van der Waals surface area (Å²) in [5.74, 6) is 0.374. The third-order valence-electron chi connectivity index (χ3n) is 1.94. The number of hydrogen-bond acceptors (Lipinski definition) is 4. The number of methoxy groups -OCH3 is 2. The van der Waals surface area contributed by atoms with Crippen molar-refractivity contribution in [3.63, 3.8) is 0 Å². The average Bonchev–Trinajstić information content (AvgIpc) is 2.16. The Hall–Kier alpha value is -1.30. The van der Waals surface area contributed by atoms with Crippen LogP contribution in [0.15, 0.2) is 17.0 Å². The highest BCUT2D eigenvalue weighted by Crippen LogP contribution is 2.32. The fourth-order valence-corrected chi connectivity index (χ4v) is 1.91. The molecule has 6 heteroatoms. The van der Waals surface area contributed by atoms with Crippen LogP contribution in [-0.2, 0) is 10.2 Å². The number of rotatable bonds is 3. The molecule has 15 heavy (non-hydrogen) atoms. The molecule has 1 rings (SSSR count). The van der Waals surface area contributed by atoms with Crippen molar-refractivity contribution in [1.82, 2.24) is 0 Å². The number of aryl methyl sites for hydroxylation is 1. The Kier molecular flexibility index (Phi) is 3.18. The third-order valence-corrected chi connectivity index (χ3v) is 2.79. The van der Waals surface area contributed by atoms with Crippen LogP contribution >= 0.6 is 0 Å². The Labute approximate surface area is 87.8 Å². The van der Waals surface area contributed by atoms with Crippen LogP contribution in [0.3, 0.4) is 0 Å². The molecular formula is C9H11FO4S. The first-order valence-electron chi connectivity index (χ1n) is 4.07. The van der Waals surface area contributed by atoms with Gasteiger partial charge in [-0.15, -0.1) is 3.89 Å². The van der Waals surface area contributed by atoms with E-state index in [1.165, 1.54) is 26.4 Å². The summed E-state index contributed by atoms with van der Waals surface area (Å²) in [6.07, 6.45) is 0. The third kappa shape index (κ3) is 2.38. The van der Waals surface area contributed by atoms with Gasteiger partial charge in [-0.1, -0.05) is 0 Å². The summed E-state index contributed by atoms with van der Waals surface area (Å²) in [5.41, 5.74) is 0.523. The number of hydrogen-bond donors (Lipinski definition) is 0. The first kappa shape index (κ1) is 11.8. The van der Waals surface area contributed by atoms with Gasteiger partial charge >= 0.3 is 10.2 Å². The summed E-state index contributed by atoms with van der Waals surface area (Å²) >= 11 is 0. The normalized spacial score (nSPS) is 11.2. The lowest BCUT2D eigenvalue weighted by molar-refractivity contribution is 0.383. The van der Waals surface area contributed by atoms with E-state index in [1.54, 1.807) is 6.92 Å². The van der Waals surface area contributed by atoms with Crippen molar-refractivity contribution < 1.29 is 21.8 Å². The summed E-state index contributed by atoms with van der Waals surface area (Å²) < 4.78 is 44.1. The Morgan fingerprint density at radius 1 is 1.13 bits per heavy atom. The second-order valence-electron chi connectivity index (χ2n) is 2.91. The van der Waals surface area contributed by atoms with Crippen molar-refractivity contribution in [1.29, 1.82) is 0 Å². The van der Waals surface area contributed by atoms with Crippen molar-refractivity contribution >= 4 is 10.2 Å². The van der Waals surface area contributed by atoms with Crippen molar-refractivity contribution in [3.8, 4) is 11.5 Å². The van der Waals surface area contributed by atoms with E-state index in [9.17, 15) is 12.3 Å². The zero-order valence-corrected chi connectivity index (χ0v) is 9.39. The van der Waals surface area contributed by atoms with Crippen molar-refractivity contribution in [2.45, 2.75) is 11.8 Å². The van der Waals surface area contributed by atoms with Gasteiger partial charge in [0.2, 0.25) is 0 Å². The predicted molar refractivity (Wildman–Crippen MR) is 52.6 cm³/mol. The molecule has 0 unspecified atom stereocenters. The zero-order chi connectivity index (χ0) is 11.6. The van der Waals surface area contributed by atoms with Gasteiger partial charge in [-0.3, -0.25) is 0 Å². The molecule has 0 amide bonds. The fraction of sp³-hybridized carbons (Fsp3) is 0.333. The highest BCUT2D eigenvalue weighted by molar-refractivity contribution is 7.86. The number of benzene rings is 1. The second-order valence-corrected chi connectivity index (χ2v) is 4.23. The smallest absolute Gasteiger partial charge is 0.335 e. The molecule has 0 aromatic heterocycles. The molecule has 0 atom stereocenters. The number of halogens is 1. The van der Waals surface area contributed by atoms with Gasteiger partial charge in [0, 0.05) is 6.07 Å². The van der Waals surface area contributed by atoms with Crippen molar-refractivity contribution in [2.75, 3.05) is 14.2 Å². The molecule has 1 aromatic carbocycles. The molecule has 0 N–H and O–H groups in total. The maximum atomic E-state index is 12.8. The maximum Gasteiger partial charge on any atom is 0.335 e. The Bertz CT molecular complexity index is 467. The minimum Gasteiger partial charge on any atom is -0.496 e. The summed E-state index contributed by atoms with van der Waals surface area (Å²) in [5, 5.41) is 0. The Morgan fingerprint density at radius 2 is 1.67 bits per heavy atom. The molecule has 0 aliphatic carbocycles. The Morgan fingerprint density at radius 3 is 2.07 bits per heavy atom. The predicted octanol–water partition coefficient (Wildman–Crippen LogP) is 1.67. The van der Waals surface area contributed by atoms with Crippen LogP contribution < -0.4 is 9.47 Å². The molecule has 0 saturated carbocycles. The first-order valence-corrected chi connectivity index (χ1v) is 5.45. The van der Waals surface area contributed by atoms with E-state index < -0.39 is 15.1 Å². The van der Waals surface area contributed by atoms with Gasteiger partial charge in [-0.25, -0.2) is 0 Å². The standard InChI is InChI=1S/C9H11FO4S/c1-6-4-9(15(10,11)12)8(14-3)5-7(6)13-2/h4-5H,1-3H3. The van der Waals surface area contributed by atoms with Crippen molar-refractivity contribution in [2.24, 2.45) is 0 Å². The lowest BCUT2D eigenvalue weighted by atomic mass is 10.2. The van der Waals surface area contributed by atoms with Crippen LogP contribution in [0.4, 0.5) is 3.89 Å². The second kappa shape index (κ2) is 4.06. The maximum absolute atomic E-state index is 12.8. The van der Waals surface area contributed by atoms with Crippen molar-refractivity contribution in [3.05, 3.63) is 17.7 Å². The van der Waals surface area contributed by atoms with Gasteiger partial charge in [-0.2, -0.15) is 8.42 Å². The molecule has 0 heterocycles. The van der Waals surface area contributed by atoms with Crippen LogP contribution in [0.1, 0.15) is 5.56 Å². The monoisotopic (exact) mass is 234 g/mol. The number of ether oxygens (including phenoxy) is 2. The van der Waals surface area contributed by atoms with E-state index >= 15 is 0 Å². The van der Waals surface area contributed by atoms with E-state index in [0.29, 0.717) is 11.3 Å². The molecular weight excluding hydrogens is 223 g/mol. The van der Waals surface area contributed by atoms with E-state index in [0.717, 1.165) is 0 Å². The Balaban J connectivity index is 3.48. The van der Waals surface area contributed by atoms with Crippen LogP contribution in [0, 0.1) is 6.92 Å². The van der Waals surface area contributed by atoms with Gasteiger partial charge < -0.3 is 9.47 Å². The molecule has 84 valence electrons. The molecule has 0 radical (unpaired) electrons. The molecule has 0 saturated heterocycles. The largest absolute Gasteiger partial charge is 0.496 e. The highest BCUT2D eigenvalue weighted by Gasteiger charge is 2.20. The van der Waals surface area contributed by atoms with E-state index in [4.69, 9.17) is 9.47 Å². The molecule has 0 aliphatic heterocycles. The zero-order valence-electron chi connectivity index (χ0n) is 8.57. The van der Waals surface area contributed by atoms with E-state index in [-0.39, 0.29) is 5.75 Å². The van der Waals surface area contributed by atoms with Crippen LogP contribution in [-0.4, -0.2) is 22.6 Å². The average molecular weight is 234 g/mol. The SMILES string of the molecule is COc1cc(OC)c(S(=O)(=O)F)cc1C. The summed E-state index contributed by atoms with van der Waals surface area (Å²) in [4.78, 5) is -0.483. The van der Waals surface area contributed by atoms with Gasteiger partial charge in [0.25, 0.3) is 0 Å². The van der Waals surface area contributed by atoms with E-state index in [1.807, 2.05) is 0 Å². The lowest BCUT2D eigenvalue weighted by Gasteiger charge is -2.10. The van der Waals surface area contributed by atoms with E-state index in [2.05, 4.69) is 0 Å². The fourth-order valence-electron chi connectivity index (χ4n) is 1.21. The van der Waals surface area contributed by atoms with Crippen LogP contribution in [0.25, 0.3) is 0 Å². The lowest BCUT2D eigenvalue weighted by Crippen LogP contribution is -1.99. The molecule has 4 nitrogen and oxygen atoms in total. The van der Waals surface area contributed by atoms with Crippen LogP contribution in [0.2, 0.25) is 0 Å². The van der Waals surface area contributed by atoms with Gasteiger partial charge in [0.15, 0.2) is 0 Å². The van der Waals surface area contributed by atoms with Gasteiger partial charge in [-0.05, 0) is 18.6 Å². The van der Waals surface area contributed by atoms with Crippen LogP contribution in [0.5, 0.6) is 11.5 Å². The molecule has 0 spiro atoms. The first-order chi connectivity index (χ1) is 6.90. The quantitative estimate of drug-likeness (QED) is 0.746. The van der Waals surface area contributed by atoms with Gasteiger partial charge in [0.05, 0.1) is 14.2 Å².